The lowest BCUT2D eigenvalue weighted by atomic mass is 10.1. The highest BCUT2D eigenvalue weighted by Crippen LogP contribution is 2.23. The molecule has 0 saturated carbocycles. The van der Waals surface area contributed by atoms with Crippen LogP contribution in [0.15, 0.2) is 54.6 Å². The van der Waals surface area contributed by atoms with Crippen molar-refractivity contribution in [2.24, 2.45) is 0 Å². The predicted molar refractivity (Wildman–Crippen MR) is 118 cm³/mol. The SMILES string of the molecule is CCC(C(=O)NCCSCc1ccccc1)N(c1cccc(C)c1)S(C)(=O)=O. The Hall–Kier alpha value is -1.99. The predicted octanol–water partition coefficient (Wildman–Crippen LogP) is 3.59. The van der Waals surface area contributed by atoms with E-state index in [4.69, 9.17) is 0 Å². The second-order valence-electron chi connectivity index (χ2n) is 6.65. The maximum absolute atomic E-state index is 12.7. The number of hydrogen-bond donors (Lipinski definition) is 1. The molecule has 28 heavy (non-hydrogen) atoms. The van der Waals surface area contributed by atoms with E-state index in [0.29, 0.717) is 18.7 Å². The van der Waals surface area contributed by atoms with Crippen molar-refractivity contribution in [2.75, 3.05) is 22.9 Å². The zero-order valence-electron chi connectivity index (χ0n) is 16.6. The number of nitrogens with zero attached hydrogens (tertiary/aromatic N) is 1. The first kappa shape index (κ1) is 22.3. The Kier molecular flexibility index (Phi) is 8.38. The van der Waals surface area contributed by atoms with E-state index in [9.17, 15) is 13.2 Å². The van der Waals surface area contributed by atoms with E-state index in [1.54, 1.807) is 30.0 Å². The van der Waals surface area contributed by atoms with E-state index in [2.05, 4.69) is 17.4 Å². The summed E-state index contributed by atoms with van der Waals surface area (Å²) < 4.78 is 26.1. The zero-order chi connectivity index (χ0) is 20.6. The van der Waals surface area contributed by atoms with Gasteiger partial charge in [-0.3, -0.25) is 9.10 Å². The van der Waals surface area contributed by atoms with Gasteiger partial charge in [0.25, 0.3) is 0 Å². The lowest BCUT2D eigenvalue weighted by Gasteiger charge is -2.30. The van der Waals surface area contributed by atoms with Crippen LogP contribution < -0.4 is 9.62 Å². The molecule has 0 aliphatic carbocycles. The van der Waals surface area contributed by atoms with Crippen LogP contribution >= 0.6 is 11.8 Å². The molecule has 0 aliphatic rings. The maximum atomic E-state index is 12.7. The summed E-state index contributed by atoms with van der Waals surface area (Å²) in [5.41, 5.74) is 2.70. The number of rotatable bonds is 10. The summed E-state index contributed by atoms with van der Waals surface area (Å²) >= 11 is 1.73. The minimum atomic E-state index is -3.60. The second-order valence-corrected chi connectivity index (χ2v) is 9.62. The molecule has 0 aliphatic heterocycles. The van der Waals surface area contributed by atoms with Crippen molar-refractivity contribution in [1.82, 2.24) is 5.32 Å². The summed E-state index contributed by atoms with van der Waals surface area (Å²) in [6.45, 7) is 4.22. The zero-order valence-corrected chi connectivity index (χ0v) is 18.2. The van der Waals surface area contributed by atoms with Gasteiger partial charge in [0, 0.05) is 18.1 Å². The molecule has 1 unspecified atom stereocenters. The quantitative estimate of drug-likeness (QED) is 0.597. The Morgan fingerprint density at radius 3 is 2.46 bits per heavy atom. The molecule has 0 aromatic heterocycles. The molecule has 152 valence electrons. The lowest BCUT2D eigenvalue weighted by Crippen LogP contribution is -2.49. The number of benzene rings is 2. The second kappa shape index (κ2) is 10.5. The maximum Gasteiger partial charge on any atom is 0.243 e. The van der Waals surface area contributed by atoms with Gasteiger partial charge in [-0.2, -0.15) is 11.8 Å². The fourth-order valence-corrected chi connectivity index (χ4v) is 4.98. The number of carbonyl (C=O) groups excluding carboxylic acids is 1. The molecular formula is C21H28N2O3S2. The third-order valence-corrected chi connectivity index (χ3v) is 6.45. The fraction of sp³-hybridized carbons (Fsp3) is 0.381. The van der Waals surface area contributed by atoms with Gasteiger partial charge in [-0.05, 0) is 36.6 Å². The molecule has 0 heterocycles. The highest BCUT2D eigenvalue weighted by molar-refractivity contribution is 7.98. The molecule has 2 aromatic carbocycles. The molecule has 1 N–H and O–H groups in total. The first-order valence-corrected chi connectivity index (χ1v) is 12.3. The van der Waals surface area contributed by atoms with E-state index in [-0.39, 0.29) is 5.91 Å². The Morgan fingerprint density at radius 1 is 1.14 bits per heavy atom. The smallest absolute Gasteiger partial charge is 0.243 e. The van der Waals surface area contributed by atoms with Gasteiger partial charge in [0.15, 0.2) is 0 Å². The van der Waals surface area contributed by atoms with Crippen LogP contribution in [0.1, 0.15) is 24.5 Å². The summed E-state index contributed by atoms with van der Waals surface area (Å²) in [5, 5.41) is 2.89. The lowest BCUT2D eigenvalue weighted by molar-refractivity contribution is -0.122. The standard InChI is InChI=1S/C21H28N2O3S2/c1-4-20(23(28(3,25)26)19-12-8-9-17(2)15-19)21(24)22-13-14-27-16-18-10-6-5-7-11-18/h5-12,15,20H,4,13-14,16H2,1-3H3,(H,22,24). The normalized spacial score (nSPS) is 12.4. The number of thioether (sulfide) groups is 1. The number of amides is 1. The summed E-state index contributed by atoms with van der Waals surface area (Å²) in [7, 11) is -3.60. The minimum Gasteiger partial charge on any atom is -0.353 e. The molecule has 5 nitrogen and oxygen atoms in total. The van der Waals surface area contributed by atoms with Crippen LogP contribution in [0.5, 0.6) is 0 Å². The van der Waals surface area contributed by atoms with Crippen LogP contribution in [-0.4, -0.2) is 38.9 Å². The van der Waals surface area contributed by atoms with Crippen molar-refractivity contribution in [3.05, 3.63) is 65.7 Å². The average Bonchev–Trinajstić information content (AvgIpc) is 2.65. The van der Waals surface area contributed by atoms with Crippen LogP contribution in [-0.2, 0) is 20.6 Å². The van der Waals surface area contributed by atoms with Gasteiger partial charge in [-0.1, -0.05) is 49.4 Å². The largest absolute Gasteiger partial charge is 0.353 e. The van der Waals surface area contributed by atoms with E-state index in [1.807, 2.05) is 38.1 Å². The van der Waals surface area contributed by atoms with E-state index >= 15 is 0 Å². The highest BCUT2D eigenvalue weighted by Gasteiger charge is 2.31. The van der Waals surface area contributed by atoms with Gasteiger partial charge < -0.3 is 5.32 Å². The molecule has 0 fully saturated rings. The number of anilines is 1. The van der Waals surface area contributed by atoms with Gasteiger partial charge in [0.05, 0.1) is 11.9 Å². The van der Waals surface area contributed by atoms with Gasteiger partial charge in [-0.25, -0.2) is 8.42 Å². The number of carbonyl (C=O) groups is 1. The van der Waals surface area contributed by atoms with Crippen LogP contribution in [0.2, 0.25) is 0 Å². The van der Waals surface area contributed by atoms with Crippen LogP contribution in [0.3, 0.4) is 0 Å². The summed E-state index contributed by atoms with van der Waals surface area (Å²) in [4.78, 5) is 12.7. The van der Waals surface area contributed by atoms with Crippen LogP contribution in [0, 0.1) is 6.92 Å². The van der Waals surface area contributed by atoms with Gasteiger partial charge >= 0.3 is 0 Å². The van der Waals surface area contributed by atoms with Gasteiger partial charge in [-0.15, -0.1) is 0 Å². The summed E-state index contributed by atoms with van der Waals surface area (Å²) in [6.07, 6.45) is 1.53. The van der Waals surface area contributed by atoms with Crippen molar-refractivity contribution in [2.45, 2.75) is 32.1 Å². The number of aryl methyl sites for hydroxylation is 1. The third-order valence-electron chi connectivity index (χ3n) is 4.24. The monoisotopic (exact) mass is 420 g/mol. The molecule has 0 radical (unpaired) electrons. The van der Waals surface area contributed by atoms with Crippen molar-refractivity contribution in [3.63, 3.8) is 0 Å². The molecule has 0 saturated heterocycles. The molecule has 2 rings (SSSR count). The van der Waals surface area contributed by atoms with Gasteiger partial charge in [0.1, 0.15) is 6.04 Å². The number of hydrogen-bond acceptors (Lipinski definition) is 4. The van der Waals surface area contributed by atoms with E-state index in [1.165, 1.54) is 9.87 Å². The Labute approximate surface area is 172 Å². The van der Waals surface area contributed by atoms with Gasteiger partial charge in [0.2, 0.25) is 15.9 Å². The molecular weight excluding hydrogens is 392 g/mol. The van der Waals surface area contributed by atoms with E-state index < -0.39 is 16.1 Å². The molecule has 0 spiro atoms. The van der Waals surface area contributed by atoms with E-state index in [0.717, 1.165) is 23.3 Å². The molecule has 1 atom stereocenters. The fourth-order valence-electron chi connectivity index (χ4n) is 2.95. The average molecular weight is 421 g/mol. The Bertz CT molecular complexity index is 870. The minimum absolute atomic E-state index is 0.269. The van der Waals surface area contributed by atoms with Crippen LogP contribution in [0.4, 0.5) is 5.69 Å². The van der Waals surface area contributed by atoms with Crippen LogP contribution in [0.25, 0.3) is 0 Å². The molecule has 7 heteroatoms. The van der Waals surface area contributed by atoms with Crippen molar-refractivity contribution in [1.29, 1.82) is 0 Å². The van der Waals surface area contributed by atoms with Crippen molar-refractivity contribution in [3.8, 4) is 0 Å². The molecule has 2 aromatic rings. The first-order chi connectivity index (χ1) is 13.3. The highest BCUT2D eigenvalue weighted by atomic mass is 32.2. The van der Waals surface area contributed by atoms with Crippen molar-refractivity contribution >= 4 is 33.4 Å². The Balaban J connectivity index is 1.97. The summed E-state index contributed by atoms with van der Waals surface area (Å²) in [5.74, 6) is 1.38. The number of nitrogens with one attached hydrogen (secondary N) is 1. The molecule has 1 amide bonds. The Morgan fingerprint density at radius 2 is 1.86 bits per heavy atom. The number of sulfonamides is 1. The van der Waals surface area contributed by atoms with Crippen molar-refractivity contribution < 1.29 is 13.2 Å². The third kappa shape index (κ3) is 6.56. The first-order valence-electron chi connectivity index (χ1n) is 9.28. The summed E-state index contributed by atoms with van der Waals surface area (Å²) in [6, 6.07) is 16.6. The topological polar surface area (TPSA) is 66.5 Å². The molecule has 0 bridgehead atoms.